The summed E-state index contributed by atoms with van der Waals surface area (Å²) in [7, 11) is 0. The van der Waals surface area contributed by atoms with Crippen molar-refractivity contribution in [3.05, 3.63) is 52.8 Å². The number of halogens is 1. The maximum atomic E-state index is 13.7. The molecule has 0 bridgehead atoms. The minimum Gasteiger partial charge on any atom is -0.493 e. The van der Waals surface area contributed by atoms with Crippen LogP contribution in [0.15, 0.2) is 30.3 Å². The molecule has 0 saturated heterocycles. The highest BCUT2D eigenvalue weighted by atomic mass is 19.1. The Morgan fingerprint density at radius 2 is 2.16 bits per heavy atom. The van der Waals surface area contributed by atoms with E-state index in [1.54, 1.807) is 13.0 Å². The lowest BCUT2D eigenvalue weighted by molar-refractivity contribution is 0.353. The highest BCUT2D eigenvalue weighted by Gasteiger charge is 2.18. The first kappa shape index (κ1) is 12.2. The quantitative estimate of drug-likeness (QED) is 0.896. The van der Waals surface area contributed by atoms with Crippen LogP contribution in [0.5, 0.6) is 5.75 Å². The van der Waals surface area contributed by atoms with Gasteiger partial charge in [-0.2, -0.15) is 0 Å². The molecule has 98 valence electrons. The summed E-state index contributed by atoms with van der Waals surface area (Å²) in [4.78, 5) is 0. The lowest BCUT2D eigenvalue weighted by Crippen LogP contribution is -2.00. The van der Waals surface area contributed by atoms with Crippen LogP contribution in [0.25, 0.3) is 11.1 Å². The third-order valence-corrected chi connectivity index (χ3v) is 3.66. The second-order valence-corrected chi connectivity index (χ2v) is 4.84. The molecule has 0 aliphatic carbocycles. The van der Waals surface area contributed by atoms with Crippen LogP contribution in [0.1, 0.15) is 16.7 Å². The second kappa shape index (κ2) is 4.67. The fourth-order valence-corrected chi connectivity index (χ4v) is 2.62. The standard InChI is InChI=1S/C16H16FNO/c1-10-14(3-2-4-15(10)17)12-7-11-5-6-19-16(11)13(8-12)9-18/h2-4,7-8H,5-6,9,18H2,1H3. The minimum absolute atomic E-state index is 0.177. The highest BCUT2D eigenvalue weighted by Crippen LogP contribution is 2.35. The van der Waals surface area contributed by atoms with Gasteiger partial charge in [-0.15, -0.1) is 0 Å². The summed E-state index contributed by atoms with van der Waals surface area (Å²) in [6, 6.07) is 9.26. The summed E-state index contributed by atoms with van der Waals surface area (Å²) in [5.41, 5.74) is 10.6. The number of fused-ring (bicyclic) bond motifs is 1. The van der Waals surface area contributed by atoms with Gasteiger partial charge in [0.2, 0.25) is 0 Å². The minimum atomic E-state index is -0.177. The average Bonchev–Trinajstić information content (AvgIpc) is 2.89. The molecular formula is C16H16FNO. The van der Waals surface area contributed by atoms with Gasteiger partial charge in [0.15, 0.2) is 0 Å². The average molecular weight is 257 g/mol. The molecule has 3 heteroatoms. The summed E-state index contributed by atoms with van der Waals surface area (Å²) in [6.07, 6.45) is 0.893. The lowest BCUT2D eigenvalue weighted by Gasteiger charge is -2.12. The molecule has 0 atom stereocenters. The molecule has 19 heavy (non-hydrogen) atoms. The first-order valence-corrected chi connectivity index (χ1v) is 6.45. The second-order valence-electron chi connectivity index (χ2n) is 4.84. The van der Waals surface area contributed by atoms with Crippen molar-refractivity contribution >= 4 is 0 Å². The van der Waals surface area contributed by atoms with Gasteiger partial charge in [0.1, 0.15) is 11.6 Å². The van der Waals surface area contributed by atoms with Crippen molar-refractivity contribution in [2.75, 3.05) is 6.61 Å². The van der Waals surface area contributed by atoms with Gasteiger partial charge in [0, 0.05) is 18.5 Å². The van der Waals surface area contributed by atoms with Crippen LogP contribution in [0.4, 0.5) is 4.39 Å². The van der Waals surface area contributed by atoms with Crippen molar-refractivity contribution in [3.63, 3.8) is 0 Å². The molecule has 1 aliphatic rings. The summed E-state index contributed by atoms with van der Waals surface area (Å²) in [5.74, 6) is 0.740. The number of hydrogen-bond acceptors (Lipinski definition) is 2. The van der Waals surface area contributed by atoms with Crippen LogP contribution in [-0.2, 0) is 13.0 Å². The Bertz CT molecular complexity index is 637. The van der Waals surface area contributed by atoms with Crippen molar-refractivity contribution in [1.29, 1.82) is 0 Å². The van der Waals surface area contributed by atoms with Gasteiger partial charge in [-0.05, 0) is 47.4 Å². The van der Waals surface area contributed by atoms with E-state index in [-0.39, 0.29) is 5.82 Å². The van der Waals surface area contributed by atoms with Crippen LogP contribution in [0, 0.1) is 12.7 Å². The smallest absolute Gasteiger partial charge is 0.127 e. The van der Waals surface area contributed by atoms with Crippen molar-refractivity contribution in [2.24, 2.45) is 5.73 Å². The normalized spacial score (nSPS) is 13.2. The molecule has 2 aromatic rings. The SMILES string of the molecule is Cc1c(F)cccc1-c1cc(CN)c2c(c1)CCO2. The Labute approximate surface area is 112 Å². The maximum Gasteiger partial charge on any atom is 0.127 e. The maximum absolute atomic E-state index is 13.7. The first-order chi connectivity index (χ1) is 9.20. The zero-order valence-corrected chi connectivity index (χ0v) is 10.9. The fourth-order valence-electron chi connectivity index (χ4n) is 2.62. The van der Waals surface area contributed by atoms with Gasteiger partial charge in [0.05, 0.1) is 6.61 Å². The van der Waals surface area contributed by atoms with Crippen molar-refractivity contribution in [1.82, 2.24) is 0 Å². The van der Waals surface area contributed by atoms with Gasteiger partial charge in [0.25, 0.3) is 0 Å². The molecule has 0 spiro atoms. The van der Waals surface area contributed by atoms with E-state index in [0.29, 0.717) is 18.7 Å². The molecule has 2 N–H and O–H groups in total. The molecule has 0 amide bonds. The van der Waals surface area contributed by atoms with Gasteiger partial charge in [-0.1, -0.05) is 12.1 Å². The first-order valence-electron chi connectivity index (χ1n) is 6.45. The molecule has 0 aromatic heterocycles. The van der Waals surface area contributed by atoms with Crippen LogP contribution < -0.4 is 10.5 Å². The van der Waals surface area contributed by atoms with Gasteiger partial charge < -0.3 is 10.5 Å². The Morgan fingerprint density at radius 3 is 2.95 bits per heavy atom. The molecule has 1 heterocycles. The number of rotatable bonds is 2. The van der Waals surface area contributed by atoms with Crippen LogP contribution in [0.2, 0.25) is 0 Å². The number of benzene rings is 2. The van der Waals surface area contributed by atoms with Gasteiger partial charge >= 0.3 is 0 Å². The Morgan fingerprint density at radius 1 is 1.32 bits per heavy atom. The molecule has 0 radical (unpaired) electrons. The molecule has 0 fully saturated rings. The zero-order chi connectivity index (χ0) is 13.4. The summed E-state index contributed by atoms with van der Waals surface area (Å²) < 4.78 is 19.3. The third-order valence-electron chi connectivity index (χ3n) is 3.66. The molecule has 2 aromatic carbocycles. The fraction of sp³-hybridized carbons (Fsp3) is 0.250. The van der Waals surface area contributed by atoms with E-state index in [1.165, 1.54) is 11.6 Å². The van der Waals surface area contributed by atoms with Gasteiger partial charge in [-0.3, -0.25) is 0 Å². The number of ether oxygens (including phenoxy) is 1. The molecule has 2 nitrogen and oxygen atoms in total. The number of nitrogens with two attached hydrogens (primary N) is 1. The van der Waals surface area contributed by atoms with Crippen molar-refractivity contribution in [3.8, 4) is 16.9 Å². The molecule has 0 saturated carbocycles. The van der Waals surface area contributed by atoms with E-state index in [1.807, 2.05) is 12.1 Å². The van der Waals surface area contributed by atoms with E-state index in [9.17, 15) is 4.39 Å². The Hall–Kier alpha value is -1.87. The van der Waals surface area contributed by atoms with E-state index < -0.39 is 0 Å². The van der Waals surface area contributed by atoms with E-state index in [2.05, 4.69) is 6.07 Å². The highest BCUT2D eigenvalue weighted by molar-refractivity contribution is 5.71. The zero-order valence-electron chi connectivity index (χ0n) is 10.9. The Kier molecular flexibility index (Phi) is 2.99. The number of hydrogen-bond donors (Lipinski definition) is 1. The largest absolute Gasteiger partial charge is 0.493 e. The van der Waals surface area contributed by atoms with Gasteiger partial charge in [-0.25, -0.2) is 4.39 Å². The molecule has 0 unspecified atom stereocenters. The Balaban J connectivity index is 2.18. The van der Waals surface area contributed by atoms with Crippen LogP contribution >= 0.6 is 0 Å². The molecule has 3 rings (SSSR count). The van der Waals surface area contributed by atoms with Crippen molar-refractivity contribution in [2.45, 2.75) is 19.9 Å². The summed E-state index contributed by atoms with van der Waals surface area (Å²) in [5, 5.41) is 0. The third kappa shape index (κ3) is 2.00. The van der Waals surface area contributed by atoms with Crippen LogP contribution in [0.3, 0.4) is 0 Å². The monoisotopic (exact) mass is 257 g/mol. The predicted molar refractivity (Wildman–Crippen MR) is 73.7 cm³/mol. The summed E-state index contributed by atoms with van der Waals surface area (Å²) in [6.45, 7) is 2.94. The predicted octanol–water partition coefficient (Wildman–Crippen LogP) is 3.19. The van der Waals surface area contributed by atoms with E-state index in [0.717, 1.165) is 28.9 Å². The summed E-state index contributed by atoms with van der Waals surface area (Å²) >= 11 is 0. The van der Waals surface area contributed by atoms with Crippen LogP contribution in [-0.4, -0.2) is 6.61 Å². The van der Waals surface area contributed by atoms with E-state index >= 15 is 0 Å². The van der Waals surface area contributed by atoms with Crippen molar-refractivity contribution < 1.29 is 9.13 Å². The molecular weight excluding hydrogens is 241 g/mol. The lowest BCUT2D eigenvalue weighted by atomic mass is 9.95. The molecule has 1 aliphatic heterocycles. The topological polar surface area (TPSA) is 35.2 Å². The van der Waals surface area contributed by atoms with E-state index in [4.69, 9.17) is 10.5 Å².